The van der Waals surface area contributed by atoms with Crippen molar-refractivity contribution in [2.45, 2.75) is 0 Å². The van der Waals surface area contributed by atoms with Crippen molar-refractivity contribution >= 4 is 45.6 Å². The number of rotatable bonds is 13. The summed E-state index contributed by atoms with van der Waals surface area (Å²) in [7, 11) is 3.14. The van der Waals surface area contributed by atoms with Crippen molar-refractivity contribution in [2.75, 3.05) is 27.4 Å². The van der Waals surface area contributed by atoms with Crippen LogP contribution >= 0.6 is 0 Å². The van der Waals surface area contributed by atoms with E-state index in [0.717, 1.165) is 21.5 Å². The number of carbonyl (C=O) groups is 2. The minimum atomic E-state index is -1.11. The topological polar surface area (TPSA) is 112 Å². The van der Waals surface area contributed by atoms with Gasteiger partial charge in [0.05, 0.1) is 25.4 Å². The fourth-order valence-electron chi connectivity index (χ4n) is 5.70. The van der Waals surface area contributed by atoms with Crippen LogP contribution in [-0.4, -0.2) is 49.6 Å². The number of carboxylic acids is 2. The molecule has 8 nitrogen and oxygen atoms in total. The summed E-state index contributed by atoms with van der Waals surface area (Å²) in [5, 5.41) is 23.8. The van der Waals surface area contributed by atoms with Gasteiger partial charge in [0.1, 0.15) is 36.2 Å². The molecule has 0 spiro atoms. The first kappa shape index (κ1) is 33.4. The number of ether oxygens (including phenoxy) is 4. The van der Waals surface area contributed by atoms with Crippen molar-refractivity contribution in [3.8, 4) is 34.1 Å². The zero-order valence-electron chi connectivity index (χ0n) is 27.5. The molecule has 0 bridgehead atoms. The second kappa shape index (κ2) is 15.1. The summed E-state index contributed by atoms with van der Waals surface area (Å²) in [5.74, 6) is -0.00538. The number of methoxy groups -OCH3 is 2. The first-order valence-electron chi connectivity index (χ1n) is 15.8. The predicted octanol–water partition coefficient (Wildman–Crippen LogP) is 8.77. The van der Waals surface area contributed by atoms with Crippen molar-refractivity contribution in [2.24, 2.45) is 0 Å². The molecular formula is C42H34O8. The summed E-state index contributed by atoms with van der Waals surface area (Å²) in [6.45, 7) is -0.442. The van der Waals surface area contributed by atoms with Gasteiger partial charge in [-0.2, -0.15) is 0 Å². The van der Waals surface area contributed by atoms with Crippen molar-refractivity contribution < 1.29 is 38.7 Å². The van der Waals surface area contributed by atoms with Gasteiger partial charge in [-0.25, -0.2) is 9.59 Å². The Bertz CT molecular complexity index is 2070. The molecule has 0 aliphatic heterocycles. The fourth-order valence-corrected chi connectivity index (χ4v) is 5.70. The van der Waals surface area contributed by atoms with Gasteiger partial charge in [0, 0.05) is 11.1 Å². The molecule has 0 amide bonds. The van der Waals surface area contributed by atoms with Crippen molar-refractivity contribution in [1.82, 2.24) is 0 Å². The minimum absolute atomic E-state index is 0.0541. The van der Waals surface area contributed by atoms with Gasteiger partial charge in [-0.05, 0) is 81.2 Å². The van der Waals surface area contributed by atoms with E-state index in [1.165, 1.54) is 0 Å². The molecule has 8 heteroatoms. The van der Waals surface area contributed by atoms with Crippen molar-refractivity contribution in [1.29, 1.82) is 0 Å². The largest absolute Gasteiger partial charge is 0.497 e. The molecule has 6 aromatic carbocycles. The first-order valence-corrected chi connectivity index (χ1v) is 15.8. The Morgan fingerprint density at radius 2 is 0.900 bits per heavy atom. The number of fused-ring (bicyclic) bond motifs is 2. The predicted molar refractivity (Wildman–Crippen MR) is 195 cm³/mol. The maximum Gasteiger partial charge on any atom is 0.335 e. The third kappa shape index (κ3) is 7.45. The standard InChI is InChI=1S/C42H34O8/c1-47-33-17-11-27(12-18-33)23-31(41(43)44)25-49-37-21-15-29-7-3-5-9-35(29)39(37)40-36-10-6-4-8-30(36)16-22-38(40)50-26-32(42(45)46)24-28-13-19-34(48-2)20-14-28/h3-24H,25-26H2,1-2H3,(H,43,44)(H,45,46)/b31-23-,32-24-. The quantitative estimate of drug-likeness (QED) is 0.118. The van der Waals surface area contributed by atoms with Gasteiger partial charge in [-0.3, -0.25) is 0 Å². The molecule has 0 atom stereocenters. The lowest BCUT2D eigenvalue weighted by Crippen LogP contribution is -2.12. The van der Waals surface area contributed by atoms with Gasteiger partial charge in [-0.1, -0.05) is 84.9 Å². The molecule has 0 aliphatic rings. The number of aliphatic carboxylic acids is 2. The third-order valence-electron chi connectivity index (χ3n) is 8.26. The summed E-state index contributed by atoms with van der Waals surface area (Å²) < 4.78 is 23.2. The summed E-state index contributed by atoms with van der Waals surface area (Å²) in [5.41, 5.74) is 2.87. The molecule has 2 N–H and O–H groups in total. The second-order valence-corrected chi connectivity index (χ2v) is 11.4. The average molecular weight is 667 g/mol. The van der Waals surface area contributed by atoms with Crippen LogP contribution in [0.4, 0.5) is 0 Å². The SMILES string of the molecule is COc1ccc(/C=C(/COc2ccc3ccccc3c2-c2c(OC/C(=C/c3ccc(OC)cc3)C(=O)O)ccc3ccccc23)C(=O)O)cc1. The zero-order valence-corrected chi connectivity index (χ0v) is 27.5. The lowest BCUT2D eigenvalue weighted by Gasteiger charge is -2.20. The molecule has 0 saturated carbocycles. The molecule has 0 aliphatic carbocycles. The zero-order chi connectivity index (χ0) is 35.0. The minimum Gasteiger partial charge on any atom is -0.497 e. The second-order valence-electron chi connectivity index (χ2n) is 11.4. The Labute approximate surface area is 289 Å². The molecule has 50 heavy (non-hydrogen) atoms. The highest BCUT2D eigenvalue weighted by Gasteiger charge is 2.21. The van der Waals surface area contributed by atoms with Gasteiger partial charge in [0.25, 0.3) is 0 Å². The van der Waals surface area contributed by atoms with E-state index in [2.05, 4.69) is 0 Å². The normalized spacial score (nSPS) is 11.7. The summed E-state index contributed by atoms with van der Waals surface area (Å²) >= 11 is 0. The summed E-state index contributed by atoms with van der Waals surface area (Å²) in [6.07, 6.45) is 3.13. The first-order chi connectivity index (χ1) is 24.3. The Kier molecular flexibility index (Phi) is 10.1. The highest BCUT2D eigenvalue weighted by Crippen LogP contribution is 2.45. The van der Waals surface area contributed by atoms with Crippen molar-refractivity contribution in [3.63, 3.8) is 0 Å². The lowest BCUT2D eigenvalue weighted by atomic mass is 9.92. The Balaban J connectivity index is 1.43. The van der Waals surface area contributed by atoms with E-state index < -0.39 is 11.9 Å². The highest BCUT2D eigenvalue weighted by atomic mass is 16.5. The molecule has 250 valence electrons. The Morgan fingerprint density at radius 1 is 0.520 bits per heavy atom. The van der Waals surface area contributed by atoms with Crippen LogP contribution in [0.2, 0.25) is 0 Å². The smallest absolute Gasteiger partial charge is 0.335 e. The van der Waals surface area contributed by atoms with Crippen LogP contribution in [0.3, 0.4) is 0 Å². The number of hydrogen-bond acceptors (Lipinski definition) is 6. The van der Waals surface area contributed by atoms with Crippen LogP contribution in [0.25, 0.3) is 44.8 Å². The molecular weight excluding hydrogens is 632 g/mol. The summed E-state index contributed by atoms with van der Waals surface area (Å²) in [6, 6.07) is 37.3. The summed E-state index contributed by atoms with van der Waals surface area (Å²) in [4.78, 5) is 24.7. The van der Waals surface area contributed by atoms with Gasteiger partial charge < -0.3 is 29.2 Å². The van der Waals surface area contributed by atoms with Crippen LogP contribution in [0.5, 0.6) is 23.0 Å². The van der Waals surface area contributed by atoms with Gasteiger partial charge in [0.2, 0.25) is 0 Å². The van der Waals surface area contributed by atoms with Crippen LogP contribution in [-0.2, 0) is 9.59 Å². The number of hydrogen-bond donors (Lipinski definition) is 2. The molecule has 0 radical (unpaired) electrons. The van der Waals surface area contributed by atoms with Crippen LogP contribution < -0.4 is 18.9 Å². The number of benzene rings is 6. The fraction of sp³-hybridized carbons (Fsp3) is 0.0952. The van der Waals surface area contributed by atoms with E-state index in [4.69, 9.17) is 18.9 Å². The average Bonchev–Trinajstić information content (AvgIpc) is 3.15. The van der Waals surface area contributed by atoms with E-state index in [0.29, 0.717) is 45.3 Å². The molecule has 0 fully saturated rings. The molecule has 0 aromatic heterocycles. The Hall–Kier alpha value is -6.54. The van der Waals surface area contributed by atoms with Gasteiger partial charge in [-0.15, -0.1) is 0 Å². The van der Waals surface area contributed by atoms with E-state index in [1.54, 1.807) is 74.9 Å². The molecule has 6 aromatic rings. The van der Waals surface area contributed by atoms with Crippen LogP contribution in [0.1, 0.15) is 11.1 Å². The van der Waals surface area contributed by atoms with Crippen molar-refractivity contribution in [3.05, 3.63) is 144 Å². The molecule has 0 heterocycles. The van der Waals surface area contributed by atoms with E-state index in [9.17, 15) is 19.8 Å². The molecule has 0 unspecified atom stereocenters. The van der Waals surface area contributed by atoms with Gasteiger partial charge in [0.15, 0.2) is 0 Å². The van der Waals surface area contributed by atoms with E-state index >= 15 is 0 Å². The maximum absolute atomic E-state index is 12.4. The Morgan fingerprint density at radius 3 is 1.26 bits per heavy atom. The third-order valence-corrected chi connectivity index (χ3v) is 8.26. The van der Waals surface area contributed by atoms with Gasteiger partial charge >= 0.3 is 11.9 Å². The van der Waals surface area contributed by atoms with Crippen LogP contribution in [0.15, 0.2) is 132 Å². The molecule has 0 saturated heterocycles. The highest BCUT2D eigenvalue weighted by molar-refractivity contribution is 6.10. The van der Waals surface area contributed by atoms with E-state index in [1.807, 2.05) is 72.8 Å². The maximum atomic E-state index is 12.4. The van der Waals surface area contributed by atoms with Crippen LogP contribution in [0, 0.1) is 0 Å². The van der Waals surface area contributed by atoms with E-state index in [-0.39, 0.29) is 24.4 Å². The monoisotopic (exact) mass is 666 g/mol. The lowest BCUT2D eigenvalue weighted by molar-refractivity contribution is -0.133. The molecule has 6 rings (SSSR count). The number of carboxylic acid groups (broad SMARTS) is 2.